The van der Waals surface area contributed by atoms with Crippen LogP contribution in [-0.2, 0) is 0 Å². The second-order valence-corrected chi connectivity index (χ2v) is 3.83. The smallest absolute Gasteiger partial charge is 0.0106 e. The van der Waals surface area contributed by atoms with Gasteiger partial charge in [-0.1, -0.05) is 50.6 Å². The van der Waals surface area contributed by atoms with Gasteiger partial charge in [0.05, 0.1) is 0 Å². The second-order valence-electron chi connectivity index (χ2n) is 3.83. The molecule has 14 heavy (non-hydrogen) atoms. The molecule has 0 aliphatic heterocycles. The minimum atomic E-state index is 0.750. The van der Waals surface area contributed by atoms with Crippen molar-refractivity contribution in [1.82, 2.24) is 0 Å². The van der Waals surface area contributed by atoms with E-state index < -0.39 is 0 Å². The van der Waals surface area contributed by atoms with Crippen molar-refractivity contribution in [1.29, 1.82) is 0 Å². The summed E-state index contributed by atoms with van der Waals surface area (Å²) < 4.78 is 0. The molecule has 1 fully saturated rings. The first kappa shape index (κ1) is 11.3. The fraction of sp³-hybridized carbons (Fsp3) is 0.538. The molecule has 2 atom stereocenters. The molecule has 0 aromatic heterocycles. The SMILES string of the molecule is CCC1C[C@@H]1c1ccccc1.CCN. The largest absolute Gasteiger partial charge is 0.331 e. The van der Waals surface area contributed by atoms with Gasteiger partial charge in [-0.2, -0.15) is 0 Å². The maximum atomic E-state index is 4.85. The van der Waals surface area contributed by atoms with Crippen molar-refractivity contribution >= 4 is 0 Å². The first-order valence-corrected chi connectivity index (χ1v) is 5.58. The number of benzene rings is 1. The molecule has 1 unspecified atom stereocenters. The second kappa shape index (κ2) is 5.82. The summed E-state index contributed by atoms with van der Waals surface area (Å²) in [6.45, 7) is 4.94. The van der Waals surface area contributed by atoms with Gasteiger partial charge in [0.1, 0.15) is 0 Å². The zero-order valence-corrected chi connectivity index (χ0v) is 9.24. The van der Waals surface area contributed by atoms with Crippen LogP contribution < -0.4 is 5.73 Å². The third-order valence-corrected chi connectivity index (χ3v) is 2.67. The third kappa shape index (κ3) is 3.15. The maximum Gasteiger partial charge on any atom is -0.0106 e. The normalized spacial score (nSPS) is 23.6. The molecule has 1 aliphatic rings. The van der Waals surface area contributed by atoms with Gasteiger partial charge < -0.3 is 5.73 Å². The van der Waals surface area contributed by atoms with Crippen molar-refractivity contribution in [3.05, 3.63) is 35.9 Å². The van der Waals surface area contributed by atoms with Gasteiger partial charge in [-0.15, -0.1) is 0 Å². The van der Waals surface area contributed by atoms with Gasteiger partial charge in [0.2, 0.25) is 0 Å². The molecule has 2 N–H and O–H groups in total. The average molecular weight is 191 g/mol. The van der Waals surface area contributed by atoms with Gasteiger partial charge in [0, 0.05) is 0 Å². The maximum absolute atomic E-state index is 4.85. The van der Waals surface area contributed by atoms with Crippen LogP contribution in [0.4, 0.5) is 0 Å². The summed E-state index contributed by atoms with van der Waals surface area (Å²) in [5.41, 5.74) is 6.39. The molecule has 78 valence electrons. The summed E-state index contributed by atoms with van der Waals surface area (Å²) in [5, 5.41) is 0. The van der Waals surface area contributed by atoms with E-state index in [4.69, 9.17) is 5.73 Å². The molecule has 0 bridgehead atoms. The monoisotopic (exact) mass is 191 g/mol. The van der Waals surface area contributed by atoms with Crippen LogP contribution >= 0.6 is 0 Å². The lowest BCUT2D eigenvalue weighted by Gasteiger charge is -1.96. The Kier molecular flexibility index (Phi) is 4.68. The Bertz CT molecular complexity index is 243. The van der Waals surface area contributed by atoms with Crippen LogP contribution in [0.5, 0.6) is 0 Å². The molecular formula is C13H21N. The summed E-state index contributed by atoms with van der Waals surface area (Å²) in [4.78, 5) is 0. The van der Waals surface area contributed by atoms with Crippen molar-refractivity contribution < 1.29 is 0 Å². The molecule has 0 amide bonds. The Morgan fingerprint density at radius 1 is 1.21 bits per heavy atom. The molecule has 1 heteroatoms. The van der Waals surface area contributed by atoms with Crippen molar-refractivity contribution in [3.8, 4) is 0 Å². The lowest BCUT2D eigenvalue weighted by atomic mass is 10.1. The Hall–Kier alpha value is -0.820. The van der Waals surface area contributed by atoms with Crippen molar-refractivity contribution in [2.45, 2.75) is 32.6 Å². The summed E-state index contributed by atoms with van der Waals surface area (Å²) in [5.74, 6) is 1.87. The fourth-order valence-electron chi connectivity index (χ4n) is 1.81. The lowest BCUT2D eigenvalue weighted by Crippen LogP contribution is -1.87. The van der Waals surface area contributed by atoms with Crippen LogP contribution in [0.3, 0.4) is 0 Å². The minimum Gasteiger partial charge on any atom is -0.331 e. The molecule has 1 aromatic rings. The Labute approximate surface area is 87.3 Å². The molecule has 0 heterocycles. The van der Waals surface area contributed by atoms with E-state index in [2.05, 4.69) is 37.3 Å². The van der Waals surface area contributed by atoms with Crippen LogP contribution in [0, 0.1) is 5.92 Å². The van der Waals surface area contributed by atoms with Gasteiger partial charge >= 0.3 is 0 Å². The molecule has 2 rings (SSSR count). The van der Waals surface area contributed by atoms with E-state index in [-0.39, 0.29) is 0 Å². The summed E-state index contributed by atoms with van der Waals surface area (Å²) >= 11 is 0. The quantitative estimate of drug-likeness (QED) is 0.763. The predicted octanol–water partition coefficient (Wildman–Crippen LogP) is 3.17. The topological polar surface area (TPSA) is 26.0 Å². The molecule has 0 radical (unpaired) electrons. The van der Waals surface area contributed by atoms with Crippen LogP contribution in [0.15, 0.2) is 30.3 Å². The Balaban J connectivity index is 0.000000293. The molecule has 1 nitrogen and oxygen atoms in total. The van der Waals surface area contributed by atoms with Crippen molar-refractivity contribution in [2.75, 3.05) is 6.54 Å². The zero-order valence-electron chi connectivity index (χ0n) is 9.24. The summed E-state index contributed by atoms with van der Waals surface area (Å²) in [6, 6.07) is 10.9. The highest BCUT2D eigenvalue weighted by Gasteiger charge is 2.35. The summed E-state index contributed by atoms with van der Waals surface area (Å²) in [6.07, 6.45) is 2.76. The molecule has 1 aliphatic carbocycles. The summed E-state index contributed by atoms with van der Waals surface area (Å²) in [7, 11) is 0. The van der Waals surface area contributed by atoms with E-state index in [0.29, 0.717) is 0 Å². The van der Waals surface area contributed by atoms with Crippen molar-refractivity contribution in [2.24, 2.45) is 11.7 Å². The van der Waals surface area contributed by atoms with E-state index in [1.165, 1.54) is 12.8 Å². The lowest BCUT2D eigenvalue weighted by molar-refractivity contribution is 0.766. The number of hydrogen-bond acceptors (Lipinski definition) is 1. The average Bonchev–Trinajstić information content (AvgIpc) is 2.99. The Morgan fingerprint density at radius 3 is 2.21 bits per heavy atom. The van der Waals surface area contributed by atoms with E-state index in [0.717, 1.165) is 18.4 Å². The van der Waals surface area contributed by atoms with Gasteiger partial charge in [-0.05, 0) is 30.4 Å². The van der Waals surface area contributed by atoms with Crippen LogP contribution in [0.1, 0.15) is 38.2 Å². The third-order valence-electron chi connectivity index (χ3n) is 2.67. The molecular weight excluding hydrogens is 170 g/mol. The van der Waals surface area contributed by atoms with E-state index in [9.17, 15) is 0 Å². The predicted molar refractivity (Wildman–Crippen MR) is 62.3 cm³/mol. The van der Waals surface area contributed by atoms with E-state index in [1.54, 1.807) is 5.56 Å². The fourth-order valence-corrected chi connectivity index (χ4v) is 1.81. The highest BCUT2D eigenvalue weighted by molar-refractivity contribution is 5.25. The van der Waals surface area contributed by atoms with Gasteiger partial charge in [0.25, 0.3) is 0 Å². The zero-order chi connectivity index (χ0) is 10.4. The molecule has 0 saturated heterocycles. The van der Waals surface area contributed by atoms with Gasteiger partial charge in [0.15, 0.2) is 0 Å². The molecule has 1 saturated carbocycles. The molecule has 0 spiro atoms. The highest BCUT2D eigenvalue weighted by Crippen LogP contribution is 2.49. The number of nitrogens with two attached hydrogens (primary N) is 1. The highest BCUT2D eigenvalue weighted by atomic mass is 14.5. The minimum absolute atomic E-state index is 0.750. The van der Waals surface area contributed by atoms with E-state index in [1.807, 2.05) is 6.92 Å². The van der Waals surface area contributed by atoms with E-state index >= 15 is 0 Å². The Morgan fingerprint density at radius 2 is 1.79 bits per heavy atom. The first-order chi connectivity index (χ1) is 6.83. The van der Waals surface area contributed by atoms with Gasteiger partial charge in [-0.3, -0.25) is 0 Å². The number of rotatable bonds is 2. The van der Waals surface area contributed by atoms with Gasteiger partial charge in [-0.25, -0.2) is 0 Å². The number of hydrogen-bond donors (Lipinski definition) is 1. The van der Waals surface area contributed by atoms with Crippen LogP contribution in [-0.4, -0.2) is 6.54 Å². The van der Waals surface area contributed by atoms with Crippen LogP contribution in [0.2, 0.25) is 0 Å². The van der Waals surface area contributed by atoms with Crippen molar-refractivity contribution in [3.63, 3.8) is 0 Å². The standard InChI is InChI=1S/C11H14.C2H7N/c1-2-9-8-11(9)10-6-4-3-5-7-10;1-2-3/h3-7,9,11H,2,8H2,1H3;2-3H2,1H3/t9?,11-;/m0./s1. The van der Waals surface area contributed by atoms with Crippen LogP contribution in [0.25, 0.3) is 0 Å². The molecule has 1 aromatic carbocycles. The first-order valence-electron chi connectivity index (χ1n) is 5.58.